The molecule has 1 amide bonds. The van der Waals surface area contributed by atoms with Crippen LogP contribution in [0.25, 0.3) is 0 Å². The number of nitrogens with one attached hydrogen (secondary N) is 1. The van der Waals surface area contributed by atoms with Crippen LogP contribution in [0.5, 0.6) is 5.88 Å². The van der Waals surface area contributed by atoms with Crippen LogP contribution in [0.1, 0.15) is 43.7 Å². The number of aromatic nitrogens is 1. The number of carbonyl (C=O) groups is 1. The van der Waals surface area contributed by atoms with Gasteiger partial charge in [0.25, 0.3) is 5.91 Å². The molecule has 162 valence electrons. The fraction of sp³-hybridized carbons (Fsp3) is 0.280. The minimum atomic E-state index is -1.09. The Morgan fingerprint density at radius 1 is 0.968 bits per heavy atom. The standard InChI is InChI=1S/C25H26Cl2N2O2/c1-17(18-9-11-20(26)12-10-18)22(19-7-5-4-6-8-19)16-29-24(30)25(2,3)31-23-14-13-21(27)15-28-23/h4-15,17,22H,16H2,1-3H3,(H,29,30). The third-order valence-corrected chi connectivity index (χ3v) is 5.79. The van der Waals surface area contributed by atoms with Crippen molar-refractivity contribution in [2.45, 2.75) is 38.2 Å². The monoisotopic (exact) mass is 456 g/mol. The highest BCUT2D eigenvalue weighted by atomic mass is 35.5. The molecular weight excluding hydrogens is 431 g/mol. The van der Waals surface area contributed by atoms with Crippen LogP contribution in [0.15, 0.2) is 72.9 Å². The Bertz CT molecular complexity index is 990. The topological polar surface area (TPSA) is 51.2 Å². The summed E-state index contributed by atoms with van der Waals surface area (Å²) in [6.07, 6.45) is 1.49. The summed E-state index contributed by atoms with van der Waals surface area (Å²) >= 11 is 11.9. The first kappa shape index (κ1) is 23.1. The van der Waals surface area contributed by atoms with Crippen LogP contribution in [0.2, 0.25) is 10.0 Å². The zero-order valence-electron chi connectivity index (χ0n) is 17.8. The Kier molecular flexibility index (Phi) is 7.58. The van der Waals surface area contributed by atoms with Crippen LogP contribution >= 0.6 is 23.2 Å². The summed E-state index contributed by atoms with van der Waals surface area (Å²) in [4.78, 5) is 17.1. The van der Waals surface area contributed by atoms with E-state index in [9.17, 15) is 4.79 Å². The molecule has 1 aromatic heterocycles. The van der Waals surface area contributed by atoms with Crippen molar-refractivity contribution in [3.05, 3.63) is 94.1 Å². The molecule has 0 aliphatic heterocycles. The number of ether oxygens (including phenoxy) is 1. The maximum absolute atomic E-state index is 13.0. The summed E-state index contributed by atoms with van der Waals surface area (Å²) in [6, 6.07) is 21.4. The van der Waals surface area contributed by atoms with Crippen molar-refractivity contribution in [2.24, 2.45) is 0 Å². The van der Waals surface area contributed by atoms with Crippen molar-refractivity contribution < 1.29 is 9.53 Å². The highest BCUT2D eigenvalue weighted by Gasteiger charge is 2.32. The molecule has 3 rings (SSSR count). The van der Waals surface area contributed by atoms with Crippen LogP contribution < -0.4 is 10.1 Å². The van der Waals surface area contributed by atoms with Crippen molar-refractivity contribution in [1.82, 2.24) is 10.3 Å². The number of amides is 1. The molecule has 2 aromatic carbocycles. The average Bonchev–Trinajstić information content (AvgIpc) is 2.76. The van der Waals surface area contributed by atoms with Crippen molar-refractivity contribution in [3.63, 3.8) is 0 Å². The van der Waals surface area contributed by atoms with Crippen LogP contribution in [-0.4, -0.2) is 23.0 Å². The summed E-state index contributed by atoms with van der Waals surface area (Å²) in [5.74, 6) is 0.380. The van der Waals surface area contributed by atoms with Crippen molar-refractivity contribution >= 4 is 29.1 Å². The van der Waals surface area contributed by atoms with Gasteiger partial charge in [0.1, 0.15) is 0 Å². The summed E-state index contributed by atoms with van der Waals surface area (Å²) < 4.78 is 5.82. The Morgan fingerprint density at radius 2 is 1.61 bits per heavy atom. The van der Waals surface area contributed by atoms with E-state index in [0.29, 0.717) is 22.5 Å². The predicted octanol–water partition coefficient (Wildman–Crippen LogP) is 6.25. The van der Waals surface area contributed by atoms with Gasteiger partial charge in [0.15, 0.2) is 5.60 Å². The molecule has 1 heterocycles. The largest absolute Gasteiger partial charge is 0.462 e. The zero-order valence-corrected chi connectivity index (χ0v) is 19.3. The van der Waals surface area contributed by atoms with Gasteiger partial charge in [-0.3, -0.25) is 4.79 Å². The highest BCUT2D eigenvalue weighted by molar-refractivity contribution is 6.30. The van der Waals surface area contributed by atoms with Gasteiger partial charge in [-0.15, -0.1) is 0 Å². The normalized spacial score (nSPS) is 13.3. The smallest absolute Gasteiger partial charge is 0.263 e. The second-order valence-electron chi connectivity index (χ2n) is 7.99. The van der Waals surface area contributed by atoms with Gasteiger partial charge in [-0.1, -0.05) is 72.6 Å². The highest BCUT2D eigenvalue weighted by Crippen LogP contribution is 2.33. The molecule has 0 saturated heterocycles. The lowest BCUT2D eigenvalue weighted by molar-refractivity contribution is -0.134. The lowest BCUT2D eigenvalue weighted by atomic mass is 9.82. The first-order valence-electron chi connectivity index (χ1n) is 10.2. The fourth-order valence-electron chi connectivity index (χ4n) is 3.43. The number of halogens is 2. The summed E-state index contributed by atoms with van der Waals surface area (Å²) in [5.41, 5.74) is 1.22. The molecule has 0 fully saturated rings. The first-order valence-corrected chi connectivity index (χ1v) is 10.9. The van der Waals surface area contributed by atoms with E-state index in [-0.39, 0.29) is 17.7 Å². The third kappa shape index (κ3) is 6.22. The van der Waals surface area contributed by atoms with E-state index in [2.05, 4.69) is 29.4 Å². The molecule has 0 radical (unpaired) electrons. The number of nitrogens with zero attached hydrogens (tertiary/aromatic N) is 1. The Hall–Kier alpha value is -2.56. The number of benzene rings is 2. The lowest BCUT2D eigenvalue weighted by Crippen LogP contribution is -2.48. The Morgan fingerprint density at radius 3 is 2.23 bits per heavy atom. The summed E-state index contributed by atoms with van der Waals surface area (Å²) in [5, 5.41) is 4.29. The molecular formula is C25H26Cl2N2O2. The number of carbonyl (C=O) groups excluding carboxylic acids is 1. The van der Waals surface area contributed by atoms with Gasteiger partial charge in [0, 0.05) is 29.7 Å². The van der Waals surface area contributed by atoms with E-state index in [1.54, 1.807) is 26.0 Å². The van der Waals surface area contributed by atoms with Gasteiger partial charge in [-0.05, 0) is 49.1 Å². The van der Waals surface area contributed by atoms with Crippen LogP contribution in [0, 0.1) is 0 Å². The Labute approximate surface area is 193 Å². The SMILES string of the molecule is CC(c1ccc(Cl)cc1)C(CNC(=O)C(C)(C)Oc1ccc(Cl)cn1)c1ccccc1. The lowest BCUT2D eigenvalue weighted by Gasteiger charge is -2.29. The molecule has 0 spiro atoms. The van der Waals surface area contributed by atoms with Crippen LogP contribution in [0.4, 0.5) is 0 Å². The quantitative estimate of drug-likeness (QED) is 0.435. The van der Waals surface area contributed by atoms with Crippen molar-refractivity contribution in [3.8, 4) is 5.88 Å². The number of hydrogen-bond donors (Lipinski definition) is 1. The average molecular weight is 457 g/mol. The van der Waals surface area contributed by atoms with Gasteiger partial charge < -0.3 is 10.1 Å². The minimum Gasteiger partial charge on any atom is -0.462 e. The van der Waals surface area contributed by atoms with Gasteiger partial charge in [0.05, 0.1) is 5.02 Å². The van der Waals surface area contributed by atoms with Gasteiger partial charge >= 0.3 is 0 Å². The third-order valence-electron chi connectivity index (χ3n) is 5.32. The molecule has 0 bridgehead atoms. The first-order chi connectivity index (χ1) is 14.8. The molecule has 3 aromatic rings. The molecule has 4 nitrogen and oxygen atoms in total. The molecule has 1 N–H and O–H groups in total. The molecule has 0 saturated carbocycles. The van der Waals surface area contributed by atoms with E-state index < -0.39 is 5.60 Å². The molecule has 0 aliphatic rings. The minimum absolute atomic E-state index is 0.0794. The second kappa shape index (κ2) is 10.2. The fourth-order valence-corrected chi connectivity index (χ4v) is 3.67. The molecule has 0 aliphatic carbocycles. The molecule has 2 unspecified atom stereocenters. The van der Waals surface area contributed by atoms with Crippen molar-refractivity contribution in [2.75, 3.05) is 6.54 Å². The number of pyridine rings is 1. The maximum atomic E-state index is 13.0. The molecule has 31 heavy (non-hydrogen) atoms. The van der Waals surface area contributed by atoms with Crippen molar-refractivity contribution in [1.29, 1.82) is 0 Å². The summed E-state index contributed by atoms with van der Waals surface area (Å²) in [7, 11) is 0. The van der Waals surface area contributed by atoms with E-state index in [1.807, 2.05) is 42.5 Å². The van der Waals surface area contributed by atoms with E-state index in [1.165, 1.54) is 6.20 Å². The van der Waals surface area contributed by atoms with Gasteiger partial charge in [0.2, 0.25) is 5.88 Å². The van der Waals surface area contributed by atoms with E-state index >= 15 is 0 Å². The predicted molar refractivity (Wildman–Crippen MR) is 126 cm³/mol. The maximum Gasteiger partial charge on any atom is 0.263 e. The van der Waals surface area contributed by atoms with Crippen LogP contribution in [0.3, 0.4) is 0 Å². The van der Waals surface area contributed by atoms with Gasteiger partial charge in [-0.25, -0.2) is 4.98 Å². The van der Waals surface area contributed by atoms with E-state index in [4.69, 9.17) is 27.9 Å². The summed E-state index contributed by atoms with van der Waals surface area (Å²) in [6.45, 7) is 6.07. The molecule has 6 heteroatoms. The van der Waals surface area contributed by atoms with Gasteiger partial charge in [-0.2, -0.15) is 0 Å². The van der Waals surface area contributed by atoms with E-state index in [0.717, 1.165) is 11.1 Å². The van der Waals surface area contributed by atoms with Crippen LogP contribution in [-0.2, 0) is 4.79 Å². The number of hydrogen-bond acceptors (Lipinski definition) is 3. The number of rotatable bonds is 8. The zero-order chi connectivity index (χ0) is 22.4. The second-order valence-corrected chi connectivity index (χ2v) is 8.87. The molecule has 2 atom stereocenters. The Balaban J connectivity index is 1.74.